The van der Waals surface area contributed by atoms with E-state index in [0.29, 0.717) is 12.3 Å². The highest BCUT2D eigenvalue weighted by molar-refractivity contribution is 7.89. The monoisotopic (exact) mass is 413 g/mol. The van der Waals surface area contributed by atoms with Crippen LogP contribution in [-0.2, 0) is 10.0 Å². The van der Waals surface area contributed by atoms with Crippen LogP contribution in [0.1, 0.15) is 39.0 Å². The first-order valence-electron chi connectivity index (χ1n) is 9.57. The summed E-state index contributed by atoms with van der Waals surface area (Å²) in [6.45, 7) is 2.04. The van der Waals surface area contributed by atoms with E-state index >= 15 is 0 Å². The van der Waals surface area contributed by atoms with Gasteiger partial charge >= 0.3 is 0 Å². The number of hydrogen-bond donors (Lipinski definition) is 3. The van der Waals surface area contributed by atoms with Crippen LogP contribution in [0.2, 0.25) is 0 Å². The van der Waals surface area contributed by atoms with Gasteiger partial charge in [0.1, 0.15) is 5.69 Å². The fourth-order valence-corrected chi connectivity index (χ4v) is 5.41. The first-order valence-corrected chi connectivity index (χ1v) is 11.1. The van der Waals surface area contributed by atoms with Crippen molar-refractivity contribution in [2.45, 2.75) is 62.1 Å². The second-order valence-electron chi connectivity index (χ2n) is 7.86. The van der Waals surface area contributed by atoms with E-state index in [1.54, 1.807) is 4.90 Å². The number of β-amino-alcohol motifs (C(OH)–C–C–N with tert-alkyl or cyclic N) is 1. The van der Waals surface area contributed by atoms with E-state index in [1.165, 1.54) is 12.1 Å². The molecule has 28 heavy (non-hydrogen) atoms. The Morgan fingerprint density at radius 3 is 2.57 bits per heavy atom. The Hall–Kier alpha value is -1.75. The van der Waals surface area contributed by atoms with Crippen molar-refractivity contribution >= 4 is 21.4 Å². The molecule has 1 saturated heterocycles. The third-order valence-corrected chi connectivity index (χ3v) is 7.22. The third-order valence-electron chi connectivity index (χ3n) is 5.70. The number of nitro groups is 1. The second kappa shape index (κ2) is 8.32. The van der Waals surface area contributed by atoms with Crippen molar-refractivity contribution in [3.8, 4) is 0 Å². The van der Waals surface area contributed by atoms with Crippen molar-refractivity contribution in [3.63, 3.8) is 0 Å². The van der Waals surface area contributed by atoms with Crippen LogP contribution in [0.15, 0.2) is 23.1 Å². The quantitative estimate of drug-likeness (QED) is 0.474. The standard InChI is InChI=1S/C18H27N3O6S/c1-12-2-4-13(5-3-12)19-28(26,27)16-6-7-17(18(9-16)21(24)25)20-10-15(23)8-14(20)11-22/h6-7,9,12-15,19,22-23H,2-5,8,10-11H2,1H3/t12?,13?,14-,15-/m1/s1. The molecule has 0 unspecified atom stereocenters. The fraction of sp³-hybridized carbons (Fsp3) is 0.667. The van der Waals surface area contributed by atoms with Gasteiger partial charge in [0.15, 0.2) is 0 Å². The Morgan fingerprint density at radius 2 is 1.96 bits per heavy atom. The molecule has 9 nitrogen and oxygen atoms in total. The maximum absolute atomic E-state index is 12.7. The zero-order chi connectivity index (χ0) is 20.5. The number of nitrogens with zero attached hydrogens (tertiary/aromatic N) is 2. The Labute approximate surface area is 164 Å². The minimum absolute atomic E-state index is 0.149. The Kier molecular flexibility index (Phi) is 6.23. The van der Waals surface area contributed by atoms with Crippen LogP contribution in [-0.4, -0.2) is 54.9 Å². The molecule has 1 aliphatic heterocycles. The first kappa shape index (κ1) is 21.0. The molecule has 0 amide bonds. The molecule has 1 heterocycles. The SMILES string of the molecule is CC1CCC(NS(=O)(=O)c2ccc(N3C[C@H](O)C[C@@H]3CO)c([N+](=O)[O-])c2)CC1. The molecule has 2 aliphatic rings. The number of sulfonamides is 1. The van der Waals surface area contributed by atoms with Crippen LogP contribution in [0.5, 0.6) is 0 Å². The predicted molar refractivity (Wildman–Crippen MR) is 104 cm³/mol. The van der Waals surface area contributed by atoms with Crippen molar-refractivity contribution in [2.24, 2.45) is 5.92 Å². The summed E-state index contributed by atoms with van der Waals surface area (Å²) in [6, 6.07) is 3.18. The van der Waals surface area contributed by atoms with Gasteiger partial charge in [0.2, 0.25) is 10.0 Å². The average Bonchev–Trinajstić information content (AvgIpc) is 3.03. The van der Waals surface area contributed by atoms with Crippen molar-refractivity contribution in [3.05, 3.63) is 28.3 Å². The van der Waals surface area contributed by atoms with Gasteiger partial charge in [-0.15, -0.1) is 0 Å². The summed E-state index contributed by atoms with van der Waals surface area (Å²) >= 11 is 0. The normalized spacial score (nSPS) is 28.5. The maximum atomic E-state index is 12.7. The smallest absolute Gasteiger partial charge is 0.293 e. The van der Waals surface area contributed by atoms with Gasteiger partial charge in [-0.05, 0) is 50.2 Å². The second-order valence-corrected chi connectivity index (χ2v) is 9.58. The van der Waals surface area contributed by atoms with Gasteiger partial charge in [-0.2, -0.15) is 0 Å². The minimum atomic E-state index is -3.88. The van der Waals surface area contributed by atoms with Gasteiger partial charge in [0.05, 0.1) is 28.6 Å². The topological polar surface area (TPSA) is 133 Å². The lowest BCUT2D eigenvalue weighted by atomic mass is 9.88. The maximum Gasteiger partial charge on any atom is 0.293 e. The van der Waals surface area contributed by atoms with Crippen LogP contribution in [0.25, 0.3) is 0 Å². The molecule has 0 aromatic heterocycles. The minimum Gasteiger partial charge on any atom is -0.394 e. The number of rotatable bonds is 6. The van der Waals surface area contributed by atoms with Crippen LogP contribution in [0, 0.1) is 16.0 Å². The number of nitro benzene ring substituents is 1. The molecule has 1 saturated carbocycles. The van der Waals surface area contributed by atoms with Crippen LogP contribution in [0.4, 0.5) is 11.4 Å². The largest absolute Gasteiger partial charge is 0.394 e. The van der Waals surface area contributed by atoms with Gasteiger partial charge in [-0.25, -0.2) is 13.1 Å². The van der Waals surface area contributed by atoms with E-state index in [4.69, 9.17) is 0 Å². The molecule has 10 heteroatoms. The number of benzene rings is 1. The van der Waals surface area contributed by atoms with Crippen molar-refractivity contribution in [1.29, 1.82) is 0 Å². The van der Waals surface area contributed by atoms with E-state index in [-0.39, 0.29) is 35.5 Å². The summed E-state index contributed by atoms with van der Waals surface area (Å²) in [6.07, 6.45) is 3.01. The summed E-state index contributed by atoms with van der Waals surface area (Å²) in [4.78, 5) is 12.4. The molecule has 1 aliphatic carbocycles. The lowest BCUT2D eigenvalue weighted by Crippen LogP contribution is -2.37. The van der Waals surface area contributed by atoms with Crippen LogP contribution in [0.3, 0.4) is 0 Å². The molecule has 0 radical (unpaired) electrons. The van der Waals surface area contributed by atoms with Gasteiger partial charge in [-0.1, -0.05) is 6.92 Å². The summed E-state index contributed by atoms with van der Waals surface area (Å²) < 4.78 is 28.1. The van der Waals surface area contributed by atoms with E-state index in [0.717, 1.165) is 31.7 Å². The Bertz CT molecular complexity index is 823. The predicted octanol–water partition coefficient (Wildman–Crippen LogP) is 1.38. The first-order chi connectivity index (χ1) is 13.2. The molecular formula is C18H27N3O6S. The molecule has 0 spiro atoms. The molecule has 2 atom stereocenters. The molecule has 156 valence electrons. The van der Waals surface area contributed by atoms with Crippen molar-refractivity contribution in [2.75, 3.05) is 18.1 Å². The number of aliphatic hydroxyl groups is 2. The molecule has 1 aromatic carbocycles. The lowest BCUT2D eigenvalue weighted by Gasteiger charge is -2.27. The zero-order valence-electron chi connectivity index (χ0n) is 15.8. The van der Waals surface area contributed by atoms with Crippen molar-refractivity contribution < 1.29 is 23.6 Å². The Balaban J connectivity index is 1.87. The van der Waals surface area contributed by atoms with E-state index in [2.05, 4.69) is 11.6 Å². The third kappa shape index (κ3) is 4.45. The molecule has 3 N–H and O–H groups in total. The van der Waals surface area contributed by atoms with E-state index in [9.17, 15) is 28.7 Å². The van der Waals surface area contributed by atoms with Crippen LogP contribution >= 0.6 is 0 Å². The summed E-state index contributed by atoms with van der Waals surface area (Å²) in [5, 5.41) is 30.9. The highest BCUT2D eigenvalue weighted by Crippen LogP contribution is 2.35. The highest BCUT2D eigenvalue weighted by Gasteiger charge is 2.35. The highest BCUT2D eigenvalue weighted by atomic mass is 32.2. The van der Waals surface area contributed by atoms with Crippen LogP contribution < -0.4 is 9.62 Å². The summed E-state index contributed by atoms with van der Waals surface area (Å²) in [5.41, 5.74) is -0.154. The van der Waals surface area contributed by atoms with Gasteiger partial charge in [-0.3, -0.25) is 10.1 Å². The molecular weight excluding hydrogens is 386 g/mol. The average molecular weight is 413 g/mol. The summed E-state index contributed by atoms with van der Waals surface area (Å²) in [5.74, 6) is 0.580. The molecule has 0 bridgehead atoms. The van der Waals surface area contributed by atoms with E-state index < -0.39 is 27.1 Å². The number of nitrogens with one attached hydrogen (secondary N) is 1. The lowest BCUT2D eigenvalue weighted by molar-refractivity contribution is -0.384. The molecule has 1 aromatic rings. The number of aliphatic hydroxyl groups excluding tert-OH is 2. The molecule has 3 rings (SSSR count). The summed E-state index contributed by atoms with van der Waals surface area (Å²) in [7, 11) is -3.88. The fourth-order valence-electron chi connectivity index (χ4n) is 4.08. The number of anilines is 1. The Morgan fingerprint density at radius 1 is 1.29 bits per heavy atom. The number of hydrogen-bond acceptors (Lipinski definition) is 7. The van der Waals surface area contributed by atoms with E-state index in [1.807, 2.05) is 0 Å². The van der Waals surface area contributed by atoms with Gasteiger partial charge in [0, 0.05) is 18.7 Å². The van der Waals surface area contributed by atoms with Gasteiger partial charge in [0.25, 0.3) is 5.69 Å². The van der Waals surface area contributed by atoms with Crippen molar-refractivity contribution in [1.82, 2.24) is 4.72 Å². The zero-order valence-corrected chi connectivity index (χ0v) is 16.6. The van der Waals surface area contributed by atoms with Gasteiger partial charge < -0.3 is 15.1 Å². The molecule has 2 fully saturated rings.